The van der Waals surface area contributed by atoms with Gasteiger partial charge in [0, 0.05) is 4.90 Å². The van der Waals surface area contributed by atoms with E-state index in [0.29, 0.717) is 19.6 Å². The molecule has 1 aromatic rings. The smallest absolute Gasteiger partial charge is 0.325 e. The van der Waals surface area contributed by atoms with E-state index in [1.54, 1.807) is 18.7 Å². The Balaban J connectivity index is 1.80. The summed E-state index contributed by atoms with van der Waals surface area (Å²) in [6, 6.07) is 5.93. The predicted molar refractivity (Wildman–Crippen MR) is 82.0 cm³/mol. The van der Waals surface area contributed by atoms with Crippen LogP contribution in [0.25, 0.3) is 0 Å². The zero-order chi connectivity index (χ0) is 15.3. The molecular formula is C15H21NO4S. The SMILES string of the molecule is COC(=O)C(C)(N)CCCSc1ccc2c(c1)OCCO2. The molecule has 0 aliphatic carbocycles. The molecule has 0 radical (unpaired) electrons. The highest BCUT2D eigenvalue weighted by Gasteiger charge is 2.28. The molecule has 1 aliphatic rings. The number of thioether (sulfide) groups is 1. The molecule has 0 aromatic heterocycles. The Kier molecular flexibility index (Phi) is 5.36. The summed E-state index contributed by atoms with van der Waals surface area (Å²) in [6.07, 6.45) is 1.43. The second kappa shape index (κ2) is 7.04. The molecule has 1 heterocycles. The number of fused-ring (bicyclic) bond motifs is 1. The average Bonchev–Trinajstić information content (AvgIpc) is 2.50. The molecule has 1 aliphatic heterocycles. The van der Waals surface area contributed by atoms with Crippen molar-refractivity contribution >= 4 is 17.7 Å². The molecular weight excluding hydrogens is 290 g/mol. The highest BCUT2D eigenvalue weighted by Crippen LogP contribution is 2.34. The van der Waals surface area contributed by atoms with E-state index >= 15 is 0 Å². The van der Waals surface area contributed by atoms with Gasteiger partial charge in [0.05, 0.1) is 7.11 Å². The number of esters is 1. The van der Waals surface area contributed by atoms with Gasteiger partial charge in [0.25, 0.3) is 0 Å². The Morgan fingerprint density at radius 3 is 2.81 bits per heavy atom. The fourth-order valence-corrected chi connectivity index (χ4v) is 2.96. The molecule has 0 spiro atoms. The number of hydrogen-bond acceptors (Lipinski definition) is 6. The topological polar surface area (TPSA) is 70.8 Å². The average molecular weight is 311 g/mol. The van der Waals surface area contributed by atoms with E-state index in [1.807, 2.05) is 18.2 Å². The quantitative estimate of drug-likeness (QED) is 0.493. The van der Waals surface area contributed by atoms with Gasteiger partial charge in [0.2, 0.25) is 0 Å². The van der Waals surface area contributed by atoms with Crippen LogP contribution in [0, 0.1) is 0 Å². The minimum absolute atomic E-state index is 0.369. The number of methoxy groups -OCH3 is 1. The molecule has 2 rings (SSSR count). The molecule has 0 bridgehead atoms. The normalized spacial score (nSPS) is 16.1. The van der Waals surface area contributed by atoms with Crippen LogP contribution in [0.2, 0.25) is 0 Å². The summed E-state index contributed by atoms with van der Waals surface area (Å²) in [5, 5.41) is 0. The van der Waals surface area contributed by atoms with Crippen molar-refractivity contribution in [3.8, 4) is 11.5 Å². The minimum atomic E-state index is -0.915. The maximum absolute atomic E-state index is 11.5. The predicted octanol–water partition coefficient (Wildman–Crippen LogP) is 2.22. The lowest BCUT2D eigenvalue weighted by Gasteiger charge is -2.21. The van der Waals surface area contributed by atoms with Crippen LogP contribution in [-0.4, -0.2) is 37.6 Å². The third-order valence-electron chi connectivity index (χ3n) is 3.27. The van der Waals surface area contributed by atoms with Crippen molar-refractivity contribution < 1.29 is 19.0 Å². The molecule has 6 heteroatoms. The van der Waals surface area contributed by atoms with Gasteiger partial charge in [0.15, 0.2) is 11.5 Å². The Labute approximate surface area is 129 Å². The van der Waals surface area contributed by atoms with Crippen LogP contribution in [0.5, 0.6) is 11.5 Å². The molecule has 116 valence electrons. The van der Waals surface area contributed by atoms with Gasteiger partial charge in [0.1, 0.15) is 18.8 Å². The highest BCUT2D eigenvalue weighted by atomic mass is 32.2. The van der Waals surface area contributed by atoms with E-state index in [2.05, 4.69) is 0 Å². The van der Waals surface area contributed by atoms with Crippen molar-refractivity contribution in [3.63, 3.8) is 0 Å². The van der Waals surface area contributed by atoms with Gasteiger partial charge in [-0.2, -0.15) is 0 Å². The van der Waals surface area contributed by atoms with Crippen molar-refractivity contribution in [2.75, 3.05) is 26.1 Å². The van der Waals surface area contributed by atoms with Crippen LogP contribution in [0.4, 0.5) is 0 Å². The third-order valence-corrected chi connectivity index (χ3v) is 4.35. The maximum Gasteiger partial charge on any atom is 0.325 e. The van der Waals surface area contributed by atoms with Crippen molar-refractivity contribution in [1.29, 1.82) is 0 Å². The summed E-state index contributed by atoms with van der Waals surface area (Å²) in [5.74, 6) is 2.10. The summed E-state index contributed by atoms with van der Waals surface area (Å²) in [6.45, 7) is 2.89. The molecule has 5 nitrogen and oxygen atoms in total. The van der Waals surface area contributed by atoms with Crippen LogP contribution in [0.3, 0.4) is 0 Å². The number of nitrogens with two attached hydrogens (primary N) is 1. The first-order valence-corrected chi connectivity index (χ1v) is 7.91. The first-order valence-electron chi connectivity index (χ1n) is 6.93. The zero-order valence-electron chi connectivity index (χ0n) is 12.4. The van der Waals surface area contributed by atoms with E-state index in [9.17, 15) is 4.79 Å². The zero-order valence-corrected chi connectivity index (χ0v) is 13.2. The Morgan fingerprint density at radius 1 is 1.38 bits per heavy atom. The van der Waals surface area contributed by atoms with Gasteiger partial charge in [-0.25, -0.2) is 0 Å². The van der Waals surface area contributed by atoms with E-state index in [4.69, 9.17) is 19.9 Å². The fourth-order valence-electron chi connectivity index (χ4n) is 2.08. The van der Waals surface area contributed by atoms with Gasteiger partial charge in [-0.15, -0.1) is 11.8 Å². The summed E-state index contributed by atoms with van der Waals surface area (Å²) in [7, 11) is 1.36. The highest BCUT2D eigenvalue weighted by molar-refractivity contribution is 7.99. The molecule has 21 heavy (non-hydrogen) atoms. The number of carbonyl (C=O) groups excluding carboxylic acids is 1. The summed E-state index contributed by atoms with van der Waals surface area (Å²) < 4.78 is 15.7. The van der Waals surface area contributed by atoms with Crippen LogP contribution in [0.15, 0.2) is 23.1 Å². The van der Waals surface area contributed by atoms with Crippen molar-refractivity contribution in [2.24, 2.45) is 5.73 Å². The summed E-state index contributed by atoms with van der Waals surface area (Å²) in [4.78, 5) is 12.6. The largest absolute Gasteiger partial charge is 0.486 e. The lowest BCUT2D eigenvalue weighted by Crippen LogP contribution is -2.45. The lowest BCUT2D eigenvalue weighted by molar-refractivity contribution is -0.146. The minimum Gasteiger partial charge on any atom is -0.486 e. The van der Waals surface area contributed by atoms with Gasteiger partial charge in [-0.1, -0.05) is 0 Å². The molecule has 1 unspecified atom stereocenters. The number of benzene rings is 1. The first kappa shape index (κ1) is 16.0. The van der Waals surface area contributed by atoms with Crippen LogP contribution < -0.4 is 15.2 Å². The maximum atomic E-state index is 11.5. The van der Waals surface area contributed by atoms with E-state index in [-0.39, 0.29) is 5.97 Å². The van der Waals surface area contributed by atoms with E-state index < -0.39 is 5.54 Å². The molecule has 2 N–H and O–H groups in total. The van der Waals surface area contributed by atoms with E-state index in [1.165, 1.54) is 7.11 Å². The second-order valence-corrected chi connectivity index (χ2v) is 6.33. The number of hydrogen-bond donors (Lipinski definition) is 1. The lowest BCUT2D eigenvalue weighted by atomic mass is 9.98. The fraction of sp³-hybridized carbons (Fsp3) is 0.533. The second-order valence-electron chi connectivity index (χ2n) is 5.17. The first-order chi connectivity index (χ1) is 10.0. The molecule has 0 saturated heterocycles. The van der Waals surface area contributed by atoms with Crippen molar-refractivity contribution in [2.45, 2.75) is 30.2 Å². The van der Waals surface area contributed by atoms with Crippen molar-refractivity contribution in [1.82, 2.24) is 0 Å². The van der Waals surface area contributed by atoms with Gasteiger partial charge in [-0.3, -0.25) is 4.79 Å². The van der Waals surface area contributed by atoms with Crippen LogP contribution in [-0.2, 0) is 9.53 Å². The van der Waals surface area contributed by atoms with E-state index in [0.717, 1.165) is 28.6 Å². The van der Waals surface area contributed by atoms with Crippen LogP contribution >= 0.6 is 11.8 Å². The molecule has 1 atom stereocenters. The molecule has 1 aromatic carbocycles. The van der Waals surface area contributed by atoms with Gasteiger partial charge in [-0.05, 0) is 43.7 Å². The monoisotopic (exact) mass is 311 g/mol. The third kappa shape index (κ3) is 4.28. The molecule has 0 saturated carbocycles. The Bertz CT molecular complexity index is 504. The Morgan fingerprint density at radius 2 is 2.10 bits per heavy atom. The molecule has 0 fully saturated rings. The number of rotatable bonds is 6. The van der Waals surface area contributed by atoms with Gasteiger partial charge >= 0.3 is 5.97 Å². The molecule has 0 amide bonds. The van der Waals surface area contributed by atoms with Crippen molar-refractivity contribution in [3.05, 3.63) is 18.2 Å². The van der Waals surface area contributed by atoms with Crippen LogP contribution in [0.1, 0.15) is 19.8 Å². The standard InChI is InChI=1S/C15H21NO4S/c1-15(16,14(17)18-2)6-3-9-21-11-4-5-12-13(10-11)20-8-7-19-12/h4-5,10H,3,6-9,16H2,1-2H3. The summed E-state index contributed by atoms with van der Waals surface area (Å²) >= 11 is 1.71. The Hall–Kier alpha value is -1.40. The number of carbonyl (C=O) groups is 1. The summed E-state index contributed by atoms with van der Waals surface area (Å²) in [5.41, 5.74) is 5.01. The van der Waals surface area contributed by atoms with Gasteiger partial charge < -0.3 is 19.9 Å². The number of ether oxygens (including phenoxy) is 3.